The molecular formula is C22H26ClN3O4S. The van der Waals surface area contributed by atoms with Crippen molar-refractivity contribution < 1.29 is 19.1 Å². The molecule has 0 radical (unpaired) electrons. The van der Waals surface area contributed by atoms with E-state index in [0.29, 0.717) is 34.7 Å². The van der Waals surface area contributed by atoms with Crippen molar-refractivity contribution in [3.05, 3.63) is 39.8 Å². The molecule has 0 bridgehead atoms. The molecule has 3 amide bonds. The molecule has 1 aliphatic carbocycles. The van der Waals surface area contributed by atoms with Crippen molar-refractivity contribution in [2.75, 3.05) is 32.8 Å². The highest BCUT2D eigenvalue weighted by atomic mass is 35.5. The molecule has 2 saturated heterocycles. The van der Waals surface area contributed by atoms with E-state index in [1.54, 1.807) is 24.3 Å². The second-order valence-electron chi connectivity index (χ2n) is 7.94. The van der Waals surface area contributed by atoms with Gasteiger partial charge >= 0.3 is 0 Å². The molecule has 166 valence electrons. The van der Waals surface area contributed by atoms with Gasteiger partial charge in [-0.3, -0.25) is 24.2 Å². The molecule has 1 N–H and O–H groups in total. The number of halogens is 1. The van der Waals surface area contributed by atoms with E-state index in [2.05, 4.69) is 10.2 Å². The summed E-state index contributed by atoms with van der Waals surface area (Å²) in [6.07, 6.45) is 6.34. The molecule has 7 nitrogen and oxygen atoms in total. The van der Waals surface area contributed by atoms with Crippen molar-refractivity contribution in [3.63, 3.8) is 0 Å². The Bertz CT molecular complexity index is 891. The van der Waals surface area contributed by atoms with Gasteiger partial charge < -0.3 is 10.1 Å². The predicted molar refractivity (Wildman–Crippen MR) is 121 cm³/mol. The summed E-state index contributed by atoms with van der Waals surface area (Å²) >= 11 is 7.03. The SMILES string of the molecule is O=C(CN1CCOC2CCCCC21)NCCN1C(=O)S/C(=C\c2ccccc2Cl)C1=O. The van der Waals surface area contributed by atoms with Crippen molar-refractivity contribution >= 4 is 46.5 Å². The number of hydrogen-bond acceptors (Lipinski definition) is 6. The fourth-order valence-corrected chi connectivity index (χ4v) is 5.39. The van der Waals surface area contributed by atoms with Gasteiger partial charge in [-0.15, -0.1) is 0 Å². The van der Waals surface area contributed by atoms with Crippen LogP contribution in [0.1, 0.15) is 31.2 Å². The fraction of sp³-hybridized carbons (Fsp3) is 0.500. The maximum atomic E-state index is 12.6. The summed E-state index contributed by atoms with van der Waals surface area (Å²) in [5.41, 5.74) is 0.689. The van der Waals surface area contributed by atoms with Crippen molar-refractivity contribution in [1.29, 1.82) is 0 Å². The summed E-state index contributed by atoms with van der Waals surface area (Å²) in [5.74, 6) is -0.452. The number of nitrogens with one attached hydrogen (secondary N) is 1. The lowest BCUT2D eigenvalue weighted by Crippen LogP contribution is -2.55. The minimum absolute atomic E-state index is 0.0928. The van der Waals surface area contributed by atoms with Crippen LogP contribution in [0.4, 0.5) is 4.79 Å². The number of ether oxygens (including phenoxy) is 1. The molecule has 1 aromatic carbocycles. The number of benzene rings is 1. The molecule has 1 aromatic rings. The van der Waals surface area contributed by atoms with Crippen LogP contribution in [0, 0.1) is 0 Å². The van der Waals surface area contributed by atoms with Gasteiger partial charge in [-0.1, -0.05) is 42.6 Å². The minimum atomic E-state index is -0.359. The second-order valence-corrected chi connectivity index (χ2v) is 9.34. The van der Waals surface area contributed by atoms with E-state index in [-0.39, 0.29) is 36.2 Å². The van der Waals surface area contributed by atoms with Crippen LogP contribution in [0.5, 0.6) is 0 Å². The predicted octanol–water partition coefficient (Wildman–Crippen LogP) is 3.14. The Labute approximate surface area is 191 Å². The van der Waals surface area contributed by atoms with Crippen molar-refractivity contribution in [2.45, 2.75) is 37.8 Å². The van der Waals surface area contributed by atoms with Crippen LogP contribution in [-0.2, 0) is 14.3 Å². The van der Waals surface area contributed by atoms with E-state index < -0.39 is 0 Å². The normalized spacial score (nSPS) is 25.7. The third kappa shape index (κ3) is 5.31. The smallest absolute Gasteiger partial charge is 0.293 e. The van der Waals surface area contributed by atoms with Gasteiger partial charge in [0.15, 0.2) is 0 Å². The Balaban J connectivity index is 1.27. The zero-order valence-electron chi connectivity index (χ0n) is 17.2. The molecule has 4 rings (SSSR count). The van der Waals surface area contributed by atoms with E-state index in [1.165, 1.54) is 17.7 Å². The first kappa shape index (κ1) is 22.3. The van der Waals surface area contributed by atoms with E-state index in [1.807, 2.05) is 6.07 Å². The van der Waals surface area contributed by atoms with Crippen LogP contribution in [0.25, 0.3) is 6.08 Å². The first-order valence-corrected chi connectivity index (χ1v) is 11.8. The molecular weight excluding hydrogens is 438 g/mol. The molecule has 2 aliphatic heterocycles. The number of fused-ring (bicyclic) bond motifs is 1. The third-order valence-electron chi connectivity index (χ3n) is 5.92. The summed E-state index contributed by atoms with van der Waals surface area (Å²) < 4.78 is 5.86. The number of nitrogens with zero attached hydrogens (tertiary/aromatic N) is 2. The van der Waals surface area contributed by atoms with Crippen molar-refractivity contribution in [3.8, 4) is 0 Å². The monoisotopic (exact) mass is 463 g/mol. The number of rotatable bonds is 6. The molecule has 2 heterocycles. The van der Waals surface area contributed by atoms with E-state index in [0.717, 1.165) is 31.1 Å². The van der Waals surface area contributed by atoms with Crippen LogP contribution in [0.3, 0.4) is 0 Å². The lowest BCUT2D eigenvalue weighted by atomic mass is 9.90. The topological polar surface area (TPSA) is 79.0 Å². The number of carbonyl (C=O) groups is 3. The van der Waals surface area contributed by atoms with Crippen LogP contribution in [0.15, 0.2) is 29.2 Å². The maximum Gasteiger partial charge on any atom is 0.293 e. The Hall–Kier alpha value is -1.87. The number of imide groups is 1. The summed E-state index contributed by atoms with van der Waals surface area (Å²) in [7, 11) is 0. The molecule has 9 heteroatoms. The summed E-state index contributed by atoms with van der Waals surface area (Å²) in [4.78, 5) is 41.1. The molecule has 0 aromatic heterocycles. The van der Waals surface area contributed by atoms with Gasteiger partial charge in [0.2, 0.25) is 5.91 Å². The van der Waals surface area contributed by atoms with Gasteiger partial charge in [0.05, 0.1) is 24.2 Å². The summed E-state index contributed by atoms with van der Waals surface area (Å²) in [6.45, 7) is 2.10. The average molecular weight is 464 g/mol. The average Bonchev–Trinajstić information content (AvgIpc) is 3.03. The van der Waals surface area contributed by atoms with Crippen LogP contribution in [-0.4, -0.2) is 71.8 Å². The lowest BCUT2D eigenvalue weighted by Gasteiger charge is -2.43. The molecule has 3 aliphatic rings. The highest BCUT2D eigenvalue weighted by Crippen LogP contribution is 2.33. The van der Waals surface area contributed by atoms with E-state index >= 15 is 0 Å². The number of thioether (sulfide) groups is 1. The van der Waals surface area contributed by atoms with Gasteiger partial charge in [-0.25, -0.2) is 0 Å². The van der Waals surface area contributed by atoms with Gasteiger partial charge in [0.1, 0.15) is 0 Å². The Kier molecular flexibility index (Phi) is 7.32. The number of carbonyl (C=O) groups excluding carboxylic acids is 3. The number of hydrogen-bond donors (Lipinski definition) is 1. The van der Waals surface area contributed by atoms with Crippen molar-refractivity contribution in [2.24, 2.45) is 0 Å². The summed E-state index contributed by atoms with van der Waals surface area (Å²) in [6, 6.07) is 7.46. The molecule has 31 heavy (non-hydrogen) atoms. The summed E-state index contributed by atoms with van der Waals surface area (Å²) in [5, 5.41) is 3.03. The van der Waals surface area contributed by atoms with Gasteiger partial charge in [-0.05, 0) is 42.3 Å². The van der Waals surface area contributed by atoms with E-state index in [4.69, 9.17) is 16.3 Å². The Morgan fingerprint density at radius 2 is 2.06 bits per heavy atom. The lowest BCUT2D eigenvalue weighted by molar-refractivity contribution is -0.130. The van der Waals surface area contributed by atoms with Crippen LogP contribution < -0.4 is 5.32 Å². The van der Waals surface area contributed by atoms with Gasteiger partial charge in [0, 0.05) is 30.7 Å². The number of amides is 3. The highest BCUT2D eigenvalue weighted by Gasteiger charge is 2.36. The van der Waals surface area contributed by atoms with Gasteiger partial charge in [0.25, 0.3) is 11.1 Å². The van der Waals surface area contributed by atoms with Crippen molar-refractivity contribution in [1.82, 2.24) is 15.1 Å². The fourth-order valence-electron chi connectivity index (χ4n) is 4.35. The van der Waals surface area contributed by atoms with Gasteiger partial charge in [-0.2, -0.15) is 0 Å². The Morgan fingerprint density at radius 1 is 1.26 bits per heavy atom. The zero-order chi connectivity index (χ0) is 21.8. The maximum absolute atomic E-state index is 12.6. The van der Waals surface area contributed by atoms with E-state index in [9.17, 15) is 14.4 Å². The minimum Gasteiger partial charge on any atom is -0.375 e. The second kappa shape index (κ2) is 10.2. The molecule has 3 fully saturated rings. The standard InChI is InChI=1S/C22H26ClN3O4S/c23-16-6-2-1-5-15(16)13-19-21(28)26(22(29)31-19)10-9-24-20(27)14-25-11-12-30-18-8-4-3-7-17(18)25/h1-2,5-6,13,17-18H,3-4,7-12,14H2,(H,24,27)/b19-13-. The van der Waals surface area contributed by atoms with Crippen LogP contribution >= 0.6 is 23.4 Å². The number of morpholine rings is 1. The molecule has 0 spiro atoms. The quantitative estimate of drug-likeness (QED) is 0.653. The largest absolute Gasteiger partial charge is 0.375 e. The first-order chi connectivity index (χ1) is 15.0. The molecule has 1 saturated carbocycles. The zero-order valence-corrected chi connectivity index (χ0v) is 18.8. The first-order valence-electron chi connectivity index (χ1n) is 10.6. The van der Waals surface area contributed by atoms with Crippen LogP contribution in [0.2, 0.25) is 5.02 Å². The third-order valence-corrected chi connectivity index (χ3v) is 7.17. The molecule has 2 atom stereocenters. The molecule has 2 unspecified atom stereocenters. The highest BCUT2D eigenvalue weighted by molar-refractivity contribution is 8.18. The Morgan fingerprint density at radius 3 is 2.90 bits per heavy atom.